The zero-order valence-electron chi connectivity index (χ0n) is 12.2. The van der Waals surface area contributed by atoms with E-state index >= 15 is 0 Å². The molecule has 4 rings (SSSR count). The van der Waals surface area contributed by atoms with Crippen LogP contribution >= 0.6 is 0 Å². The zero-order chi connectivity index (χ0) is 13.7. The van der Waals surface area contributed by atoms with E-state index in [1.54, 1.807) is 0 Å². The van der Waals surface area contributed by atoms with Gasteiger partial charge in [-0.2, -0.15) is 0 Å². The molecular formula is C18H24O2. The lowest BCUT2D eigenvalue weighted by molar-refractivity contribution is 0.125. The summed E-state index contributed by atoms with van der Waals surface area (Å²) < 4.78 is 5.73. The van der Waals surface area contributed by atoms with Gasteiger partial charge in [0.15, 0.2) is 0 Å². The van der Waals surface area contributed by atoms with Crippen LogP contribution in [0.2, 0.25) is 0 Å². The molecule has 1 heterocycles. The van der Waals surface area contributed by atoms with E-state index in [9.17, 15) is 5.11 Å². The molecule has 0 saturated heterocycles. The maximum absolute atomic E-state index is 10.6. The molecule has 2 bridgehead atoms. The Bertz CT molecular complexity index is 510. The Balaban J connectivity index is 1.46. The molecular weight excluding hydrogens is 248 g/mol. The summed E-state index contributed by atoms with van der Waals surface area (Å²) in [6.45, 7) is 2.10. The first-order valence-corrected chi connectivity index (χ1v) is 8.16. The molecule has 0 spiro atoms. The highest BCUT2D eigenvalue weighted by Crippen LogP contribution is 2.51. The summed E-state index contributed by atoms with van der Waals surface area (Å²) in [5, 5.41) is 10.6. The second-order valence-corrected chi connectivity index (χ2v) is 7.19. The van der Waals surface area contributed by atoms with Crippen molar-refractivity contribution in [2.45, 2.75) is 57.7 Å². The van der Waals surface area contributed by atoms with Crippen molar-refractivity contribution in [1.82, 2.24) is 0 Å². The van der Waals surface area contributed by atoms with Gasteiger partial charge in [-0.05, 0) is 73.6 Å². The second-order valence-electron chi connectivity index (χ2n) is 7.19. The van der Waals surface area contributed by atoms with Gasteiger partial charge in [-0.1, -0.05) is 12.5 Å². The van der Waals surface area contributed by atoms with Crippen molar-refractivity contribution < 1.29 is 9.84 Å². The van der Waals surface area contributed by atoms with Crippen molar-refractivity contribution in [2.24, 2.45) is 17.8 Å². The molecule has 1 N–H and O–H groups in total. The Labute approximate surface area is 121 Å². The van der Waals surface area contributed by atoms with Crippen LogP contribution in [0, 0.1) is 17.8 Å². The Hall–Kier alpha value is -1.02. The number of ether oxygens (including phenoxy) is 1. The van der Waals surface area contributed by atoms with Gasteiger partial charge < -0.3 is 9.84 Å². The Morgan fingerprint density at radius 3 is 2.95 bits per heavy atom. The quantitative estimate of drug-likeness (QED) is 0.905. The van der Waals surface area contributed by atoms with E-state index in [2.05, 4.69) is 19.1 Å². The SMILES string of the molecule is CC1Cc2cc(C(O)CC3CC4CCC3C4)ccc2O1. The molecule has 108 valence electrons. The highest BCUT2D eigenvalue weighted by Gasteiger charge is 2.40. The summed E-state index contributed by atoms with van der Waals surface area (Å²) in [6.07, 6.45) is 7.53. The van der Waals surface area contributed by atoms with Crippen LogP contribution in [-0.4, -0.2) is 11.2 Å². The molecule has 5 unspecified atom stereocenters. The molecule has 20 heavy (non-hydrogen) atoms. The molecule has 0 radical (unpaired) electrons. The predicted octanol–water partition coefficient (Wildman–Crippen LogP) is 3.87. The fraction of sp³-hybridized carbons (Fsp3) is 0.667. The molecule has 1 aliphatic heterocycles. The van der Waals surface area contributed by atoms with Crippen molar-refractivity contribution in [3.05, 3.63) is 29.3 Å². The highest BCUT2D eigenvalue weighted by molar-refractivity contribution is 5.41. The number of rotatable bonds is 3. The molecule has 3 aliphatic rings. The van der Waals surface area contributed by atoms with E-state index in [4.69, 9.17) is 4.74 Å². The molecule has 5 atom stereocenters. The monoisotopic (exact) mass is 272 g/mol. The fourth-order valence-electron chi connectivity index (χ4n) is 4.74. The van der Waals surface area contributed by atoms with Gasteiger partial charge in [-0.3, -0.25) is 0 Å². The van der Waals surface area contributed by atoms with E-state index in [1.165, 1.54) is 31.2 Å². The largest absolute Gasteiger partial charge is 0.490 e. The molecule has 2 heteroatoms. The van der Waals surface area contributed by atoms with Crippen LogP contribution in [0.15, 0.2) is 18.2 Å². The minimum Gasteiger partial charge on any atom is -0.490 e. The average molecular weight is 272 g/mol. The summed E-state index contributed by atoms with van der Waals surface area (Å²) in [7, 11) is 0. The summed E-state index contributed by atoms with van der Waals surface area (Å²) >= 11 is 0. The summed E-state index contributed by atoms with van der Waals surface area (Å²) in [5.41, 5.74) is 2.35. The number of hydrogen-bond donors (Lipinski definition) is 1. The van der Waals surface area contributed by atoms with Crippen molar-refractivity contribution in [3.63, 3.8) is 0 Å². The number of aliphatic hydroxyl groups is 1. The molecule has 2 fully saturated rings. The third kappa shape index (κ3) is 2.14. The van der Waals surface area contributed by atoms with E-state index in [0.717, 1.165) is 41.9 Å². The minimum absolute atomic E-state index is 0.281. The van der Waals surface area contributed by atoms with Crippen LogP contribution < -0.4 is 4.74 Å². The molecule has 1 aromatic rings. The van der Waals surface area contributed by atoms with Crippen LogP contribution in [0.5, 0.6) is 5.75 Å². The number of fused-ring (bicyclic) bond motifs is 3. The van der Waals surface area contributed by atoms with Gasteiger partial charge in [0.25, 0.3) is 0 Å². The van der Waals surface area contributed by atoms with Crippen molar-refractivity contribution >= 4 is 0 Å². The third-order valence-corrected chi connectivity index (χ3v) is 5.72. The van der Waals surface area contributed by atoms with Crippen molar-refractivity contribution in [2.75, 3.05) is 0 Å². The normalized spacial score (nSPS) is 35.9. The topological polar surface area (TPSA) is 29.5 Å². The van der Waals surface area contributed by atoms with E-state index in [1.807, 2.05) is 6.07 Å². The first-order chi connectivity index (χ1) is 9.69. The molecule has 2 aliphatic carbocycles. The third-order valence-electron chi connectivity index (χ3n) is 5.72. The van der Waals surface area contributed by atoms with E-state index < -0.39 is 0 Å². The van der Waals surface area contributed by atoms with Gasteiger partial charge in [0.05, 0.1) is 6.10 Å². The van der Waals surface area contributed by atoms with Crippen LogP contribution in [0.4, 0.5) is 0 Å². The first kappa shape index (κ1) is 12.7. The minimum atomic E-state index is -0.291. The van der Waals surface area contributed by atoms with Gasteiger partial charge in [0.2, 0.25) is 0 Å². The Morgan fingerprint density at radius 1 is 1.30 bits per heavy atom. The molecule has 1 aromatic carbocycles. The number of hydrogen-bond acceptors (Lipinski definition) is 2. The predicted molar refractivity (Wildman–Crippen MR) is 78.8 cm³/mol. The maximum atomic E-state index is 10.6. The Kier molecular flexibility index (Phi) is 3.03. The van der Waals surface area contributed by atoms with Gasteiger partial charge in [-0.15, -0.1) is 0 Å². The van der Waals surface area contributed by atoms with Crippen molar-refractivity contribution in [1.29, 1.82) is 0 Å². The number of benzene rings is 1. The van der Waals surface area contributed by atoms with Crippen LogP contribution in [0.1, 0.15) is 56.3 Å². The van der Waals surface area contributed by atoms with Gasteiger partial charge in [0.1, 0.15) is 11.9 Å². The summed E-state index contributed by atoms with van der Waals surface area (Å²) in [5.74, 6) is 3.62. The van der Waals surface area contributed by atoms with Crippen LogP contribution in [0.25, 0.3) is 0 Å². The lowest BCUT2D eigenvalue weighted by atomic mass is 9.83. The fourth-order valence-corrected chi connectivity index (χ4v) is 4.74. The lowest BCUT2D eigenvalue weighted by Gasteiger charge is -2.24. The first-order valence-electron chi connectivity index (χ1n) is 8.16. The smallest absolute Gasteiger partial charge is 0.123 e. The molecule has 2 saturated carbocycles. The van der Waals surface area contributed by atoms with Crippen LogP contribution in [-0.2, 0) is 6.42 Å². The van der Waals surface area contributed by atoms with Gasteiger partial charge in [0, 0.05) is 6.42 Å². The second kappa shape index (κ2) is 4.77. The lowest BCUT2D eigenvalue weighted by Crippen LogP contribution is -2.14. The standard InChI is InChI=1S/C18H24O2/c1-11-6-16-9-14(4-5-18(16)20-11)17(19)10-15-8-12-2-3-13(15)7-12/h4-5,9,11-13,15,17,19H,2-3,6-8,10H2,1H3. The summed E-state index contributed by atoms with van der Waals surface area (Å²) in [6, 6.07) is 6.25. The Morgan fingerprint density at radius 2 is 2.20 bits per heavy atom. The molecule has 0 amide bonds. The highest BCUT2D eigenvalue weighted by atomic mass is 16.5. The number of aliphatic hydroxyl groups excluding tert-OH is 1. The summed E-state index contributed by atoms with van der Waals surface area (Å²) in [4.78, 5) is 0. The van der Waals surface area contributed by atoms with Crippen molar-refractivity contribution in [3.8, 4) is 5.75 Å². The molecule has 0 aromatic heterocycles. The zero-order valence-corrected chi connectivity index (χ0v) is 12.2. The molecule has 2 nitrogen and oxygen atoms in total. The van der Waals surface area contributed by atoms with Gasteiger partial charge >= 0.3 is 0 Å². The van der Waals surface area contributed by atoms with Crippen LogP contribution in [0.3, 0.4) is 0 Å². The maximum Gasteiger partial charge on any atom is 0.123 e. The van der Waals surface area contributed by atoms with E-state index in [-0.39, 0.29) is 12.2 Å². The average Bonchev–Trinajstić information content (AvgIpc) is 3.10. The van der Waals surface area contributed by atoms with Gasteiger partial charge in [-0.25, -0.2) is 0 Å². The van der Waals surface area contributed by atoms with E-state index in [0.29, 0.717) is 0 Å².